The smallest absolute Gasteiger partial charge is 0.225 e. The summed E-state index contributed by atoms with van der Waals surface area (Å²) in [6, 6.07) is 0.427. The van der Waals surface area contributed by atoms with Gasteiger partial charge in [0.05, 0.1) is 6.04 Å². The normalized spacial score (nSPS) is 25.4. The molecule has 2 amide bonds. The highest BCUT2D eigenvalue weighted by Gasteiger charge is 2.39. The SMILES string of the molecule is CC(CN)C(=O)NC1CC(=O)N(C2CC2)C1.Cl. The van der Waals surface area contributed by atoms with Crippen LogP contribution in [0.5, 0.6) is 0 Å². The van der Waals surface area contributed by atoms with Crippen molar-refractivity contribution in [1.82, 2.24) is 10.2 Å². The van der Waals surface area contributed by atoms with Crippen molar-refractivity contribution in [1.29, 1.82) is 0 Å². The summed E-state index contributed by atoms with van der Waals surface area (Å²) in [5, 5.41) is 2.89. The Kier molecular flexibility index (Phi) is 4.77. The van der Waals surface area contributed by atoms with Crippen molar-refractivity contribution >= 4 is 24.2 Å². The molecule has 2 rings (SSSR count). The van der Waals surface area contributed by atoms with Crippen LogP contribution in [0.4, 0.5) is 0 Å². The van der Waals surface area contributed by atoms with Crippen LogP contribution in [-0.4, -0.2) is 41.9 Å². The minimum Gasteiger partial charge on any atom is -0.351 e. The number of nitrogens with zero attached hydrogens (tertiary/aromatic N) is 1. The van der Waals surface area contributed by atoms with Crippen molar-refractivity contribution < 1.29 is 9.59 Å². The van der Waals surface area contributed by atoms with Gasteiger partial charge in [0.15, 0.2) is 0 Å². The van der Waals surface area contributed by atoms with E-state index >= 15 is 0 Å². The third kappa shape index (κ3) is 3.33. The van der Waals surface area contributed by atoms with Crippen LogP contribution in [0.3, 0.4) is 0 Å². The van der Waals surface area contributed by atoms with Crippen LogP contribution in [0, 0.1) is 5.92 Å². The highest BCUT2D eigenvalue weighted by atomic mass is 35.5. The van der Waals surface area contributed by atoms with Gasteiger partial charge >= 0.3 is 0 Å². The van der Waals surface area contributed by atoms with Gasteiger partial charge in [0.2, 0.25) is 11.8 Å². The van der Waals surface area contributed by atoms with Crippen LogP contribution in [0.2, 0.25) is 0 Å². The number of hydrogen-bond donors (Lipinski definition) is 2. The molecule has 0 spiro atoms. The molecule has 0 radical (unpaired) electrons. The third-order valence-corrected chi connectivity index (χ3v) is 3.29. The predicted octanol–water partition coefficient (Wildman–Crippen LogP) is -0.117. The van der Waals surface area contributed by atoms with Crippen molar-refractivity contribution in [3.8, 4) is 0 Å². The lowest BCUT2D eigenvalue weighted by Gasteiger charge is -2.17. The van der Waals surface area contributed by atoms with E-state index in [9.17, 15) is 9.59 Å². The maximum Gasteiger partial charge on any atom is 0.225 e. The van der Waals surface area contributed by atoms with E-state index in [0.29, 0.717) is 25.6 Å². The summed E-state index contributed by atoms with van der Waals surface area (Å²) in [6.45, 7) is 2.82. The number of amides is 2. The van der Waals surface area contributed by atoms with E-state index in [1.54, 1.807) is 6.92 Å². The zero-order valence-electron chi connectivity index (χ0n) is 10.0. The summed E-state index contributed by atoms with van der Waals surface area (Å²) in [5.74, 6) is -0.0452. The van der Waals surface area contributed by atoms with E-state index in [1.807, 2.05) is 4.90 Å². The van der Waals surface area contributed by atoms with E-state index in [4.69, 9.17) is 5.73 Å². The fourth-order valence-electron chi connectivity index (χ4n) is 2.02. The second-order valence-corrected chi connectivity index (χ2v) is 4.82. The predicted molar refractivity (Wildman–Crippen MR) is 66.7 cm³/mol. The zero-order chi connectivity index (χ0) is 11.7. The highest BCUT2D eigenvalue weighted by Crippen LogP contribution is 2.30. The van der Waals surface area contributed by atoms with Gasteiger partial charge in [-0.2, -0.15) is 0 Å². The number of halogens is 1. The lowest BCUT2D eigenvalue weighted by molar-refractivity contribution is -0.128. The number of carbonyl (C=O) groups is 2. The number of carbonyl (C=O) groups excluding carboxylic acids is 2. The van der Waals surface area contributed by atoms with E-state index in [0.717, 1.165) is 12.8 Å². The van der Waals surface area contributed by atoms with Crippen molar-refractivity contribution in [2.45, 2.75) is 38.3 Å². The topological polar surface area (TPSA) is 75.4 Å². The third-order valence-electron chi connectivity index (χ3n) is 3.29. The molecule has 0 aromatic carbocycles. The lowest BCUT2D eigenvalue weighted by Crippen LogP contribution is -2.41. The van der Waals surface area contributed by atoms with Gasteiger partial charge in [-0.05, 0) is 12.8 Å². The summed E-state index contributed by atoms with van der Waals surface area (Å²) in [6.07, 6.45) is 2.68. The largest absolute Gasteiger partial charge is 0.351 e. The molecule has 1 heterocycles. The average molecular weight is 262 g/mol. The molecule has 17 heavy (non-hydrogen) atoms. The molecule has 1 saturated heterocycles. The monoisotopic (exact) mass is 261 g/mol. The number of nitrogens with one attached hydrogen (secondary N) is 1. The Bertz CT molecular complexity index is 307. The fraction of sp³-hybridized carbons (Fsp3) is 0.818. The van der Waals surface area contributed by atoms with Crippen LogP contribution < -0.4 is 11.1 Å². The number of likely N-dealkylation sites (tertiary alicyclic amines) is 1. The standard InChI is InChI=1S/C11H19N3O2.ClH/c1-7(5-12)11(16)13-8-4-10(15)14(6-8)9-2-3-9;/h7-9H,2-6,12H2,1H3,(H,13,16);1H. The Morgan fingerprint density at radius 3 is 2.76 bits per heavy atom. The van der Waals surface area contributed by atoms with Gasteiger partial charge in [0.1, 0.15) is 0 Å². The maximum absolute atomic E-state index is 11.6. The molecule has 0 bridgehead atoms. The Hall–Kier alpha value is -0.810. The number of nitrogens with two attached hydrogens (primary N) is 1. The molecule has 2 atom stereocenters. The maximum atomic E-state index is 11.6. The molecule has 6 heteroatoms. The Morgan fingerprint density at radius 1 is 1.59 bits per heavy atom. The van der Waals surface area contributed by atoms with Crippen LogP contribution in [0.1, 0.15) is 26.2 Å². The minimum absolute atomic E-state index is 0. The number of hydrogen-bond acceptors (Lipinski definition) is 3. The van der Waals surface area contributed by atoms with Crippen molar-refractivity contribution in [2.75, 3.05) is 13.1 Å². The molecular weight excluding hydrogens is 242 g/mol. The first kappa shape index (κ1) is 14.3. The van der Waals surface area contributed by atoms with Crippen molar-refractivity contribution in [2.24, 2.45) is 11.7 Å². The van der Waals surface area contributed by atoms with Crippen molar-refractivity contribution in [3.63, 3.8) is 0 Å². The molecule has 5 nitrogen and oxygen atoms in total. The van der Waals surface area contributed by atoms with Gasteiger partial charge in [-0.1, -0.05) is 6.92 Å². The van der Waals surface area contributed by atoms with Crippen LogP contribution in [0.25, 0.3) is 0 Å². The van der Waals surface area contributed by atoms with Gasteiger partial charge in [0, 0.05) is 31.5 Å². The van der Waals surface area contributed by atoms with Gasteiger partial charge in [-0.25, -0.2) is 0 Å². The molecule has 1 aliphatic carbocycles. The summed E-state index contributed by atoms with van der Waals surface area (Å²) >= 11 is 0. The highest BCUT2D eigenvalue weighted by molar-refractivity contribution is 5.85. The summed E-state index contributed by atoms with van der Waals surface area (Å²) < 4.78 is 0. The quantitative estimate of drug-likeness (QED) is 0.741. The fourth-order valence-corrected chi connectivity index (χ4v) is 2.02. The molecule has 2 fully saturated rings. The molecule has 1 aliphatic heterocycles. The van der Waals surface area contributed by atoms with Gasteiger partial charge in [-0.15, -0.1) is 12.4 Å². The number of rotatable bonds is 4. The van der Waals surface area contributed by atoms with Crippen LogP contribution >= 0.6 is 12.4 Å². The van der Waals surface area contributed by atoms with E-state index in [1.165, 1.54) is 0 Å². The molecule has 0 aromatic rings. The molecule has 2 aliphatic rings. The van der Waals surface area contributed by atoms with Crippen LogP contribution in [0.15, 0.2) is 0 Å². The van der Waals surface area contributed by atoms with Gasteiger partial charge < -0.3 is 16.0 Å². The Morgan fingerprint density at radius 2 is 2.24 bits per heavy atom. The summed E-state index contributed by atoms with van der Waals surface area (Å²) in [4.78, 5) is 25.1. The van der Waals surface area contributed by atoms with Gasteiger partial charge in [-0.3, -0.25) is 9.59 Å². The minimum atomic E-state index is -0.176. The van der Waals surface area contributed by atoms with Gasteiger partial charge in [0.25, 0.3) is 0 Å². The van der Waals surface area contributed by atoms with E-state index < -0.39 is 0 Å². The second kappa shape index (κ2) is 5.69. The Labute approximate surface area is 108 Å². The van der Waals surface area contributed by atoms with E-state index in [-0.39, 0.29) is 36.2 Å². The Balaban J connectivity index is 0.00000144. The molecule has 1 saturated carbocycles. The average Bonchev–Trinajstić information content (AvgIpc) is 3.03. The molecular formula is C11H20ClN3O2. The molecule has 3 N–H and O–H groups in total. The molecule has 98 valence electrons. The van der Waals surface area contributed by atoms with Crippen molar-refractivity contribution in [3.05, 3.63) is 0 Å². The first-order valence-electron chi connectivity index (χ1n) is 5.91. The lowest BCUT2D eigenvalue weighted by atomic mass is 10.1. The first-order valence-corrected chi connectivity index (χ1v) is 5.91. The van der Waals surface area contributed by atoms with Crippen LogP contribution in [-0.2, 0) is 9.59 Å². The molecule has 0 aromatic heterocycles. The summed E-state index contributed by atoms with van der Waals surface area (Å²) in [5.41, 5.74) is 5.42. The second-order valence-electron chi connectivity index (χ2n) is 4.82. The zero-order valence-corrected chi connectivity index (χ0v) is 10.8. The molecule has 2 unspecified atom stereocenters. The summed E-state index contributed by atoms with van der Waals surface area (Å²) in [7, 11) is 0. The first-order chi connectivity index (χ1) is 7.61. The van der Waals surface area contributed by atoms with E-state index in [2.05, 4.69) is 5.32 Å².